The largest absolute Gasteiger partial charge is 0.485 e. The lowest BCUT2D eigenvalue weighted by molar-refractivity contribution is -0.137. The zero-order valence-electron chi connectivity index (χ0n) is 24.5. The van der Waals surface area contributed by atoms with Crippen LogP contribution in [0, 0.1) is 11.7 Å². The van der Waals surface area contributed by atoms with Crippen LogP contribution in [-0.2, 0) is 16.2 Å². The number of likely N-dealkylation sites (N-methyl/N-ethyl adjacent to an activating group) is 1. The molecule has 0 unspecified atom stereocenters. The standard InChI is InChI=1S/C30H32F4N4O6S/c1-18-15-38(19(2)17-39)28(40)24-5-4-6-25(36-45(42,43)23-13-9-21(31)10-14-23)27(24)44-26(18)16-37(3)29(41)35-22-11-7-20(8-12-22)30(32,33)34/h4-14,18-19,26,36,39H,15-17H2,1-3H3,(H,35,41)/t18-,19+,26-/m1/s1. The number of carbonyl (C=O) groups is 2. The first-order valence-corrected chi connectivity index (χ1v) is 15.3. The fourth-order valence-corrected chi connectivity index (χ4v) is 5.74. The van der Waals surface area contributed by atoms with E-state index >= 15 is 0 Å². The molecule has 45 heavy (non-hydrogen) atoms. The topological polar surface area (TPSA) is 128 Å². The summed E-state index contributed by atoms with van der Waals surface area (Å²) in [6.45, 7) is 3.08. The fraction of sp³-hybridized carbons (Fsp3) is 0.333. The van der Waals surface area contributed by atoms with Crippen molar-refractivity contribution in [2.24, 2.45) is 5.92 Å². The monoisotopic (exact) mass is 652 g/mol. The molecular weight excluding hydrogens is 620 g/mol. The van der Waals surface area contributed by atoms with E-state index in [4.69, 9.17) is 4.74 Å². The predicted molar refractivity (Wildman–Crippen MR) is 158 cm³/mol. The number of hydrogen-bond donors (Lipinski definition) is 3. The van der Waals surface area contributed by atoms with Crippen LogP contribution in [-0.4, -0.2) is 74.2 Å². The molecule has 0 radical (unpaired) electrons. The highest BCUT2D eigenvalue weighted by molar-refractivity contribution is 7.92. The number of nitrogens with zero attached hydrogens (tertiary/aromatic N) is 2. The van der Waals surface area contributed by atoms with Crippen LogP contribution in [0.4, 0.5) is 33.7 Å². The Kier molecular flexibility index (Phi) is 9.92. The summed E-state index contributed by atoms with van der Waals surface area (Å²) < 4.78 is 87.2. The molecule has 0 bridgehead atoms. The molecule has 3 N–H and O–H groups in total. The van der Waals surface area contributed by atoms with Gasteiger partial charge in [0.05, 0.1) is 40.9 Å². The van der Waals surface area contributed by atoms with E-state index in [9.17, 15) is 40.7 Å². The molecule has 4 rings (SSSR count). The summed E-state index contributed by atoms with van der Waals surface area (Å²) in [4.78, 5) is 29.1. The number of aliphatic hydroxyl groups excluding tert-OH is 1. The first-order chi connectivity index (χ1) is 21.1. The summed E-state index contributed by atoms with van der Waals surface area (Å²) in [6.07, 6.45) is -5.36. The number of urea groups is 1. The van der Waals surface area contributed by atoms with E-state index in [2.05, 4.69) is 10.0 Å². The molecule has 1 aliphatic heterocycles. The molecular formula is C30H32F4N4O6S. The Morgan fingerprint density at radius 1 is 1.11 bits per heavy atom. The number of benzene rings is 3. The minimum Gasteiger partial charge on any atom is -0.485 e. The molecule has 15 heteroatoms. The van der Waals surface area contributed by atoms with E-state index < -0.39 is 57.6 Å². The number of para-hydroxylation sites is 1. The Morgan fingerprint density at radius 2 is 1.76 bits per heavy atom. The average Bonchev–Trinajstić information content (AvgIpc) is 2.98. The molecule has 0 fully saturated rings. The minimum atomic E-state index is -4.53. The van der Waals surface area contributed by atoms with Crippen LogP contribution in [0.2, 0.25) is 0 Å². The van der Waals surface area contributed by atoms with Gasteiger partial charge >= 0.3 is 12.2 Å². The van der Waals surface area contributed by atoms with E-state index in [1.165, 1.54) is 35.0 Å². The normalized spacial score (nSPS) is 17.8. The van der Waals surface area contributed by atoms with Gasteiger partial charge in [-0.1, -0.05) is 13.0 Å². The number of anilines is 2. The van der Waals surface area contributed by atoms with Gasteiger partial charge < -0.3 is 25.0 Å². The quantitative estimate of drug-likeness (QED) is 0.293. The molecule has 3 aromatic rings. The van der Waals surface area contributed by atoms with Crippen LogP contribution in [0.25, 0.3) is 0 Å². The van der Waals surface area contributed by atoms with Crippen molar-refractivity contribution in [3.8, 4) is 5.75 Å². The zero-order valence-corrected chi connectivity index (χ0v) is 25.3. The van der Waals surface area contributed by atoms with Gasteiger partial charge in [0.1, 0.15) is 11.9 Å². The summed E-state index contributed by atoms with van der Waals surface area (Å²) in [5.74, 6) is -1.72. The number of aliphatic hydroxyl groups is 1. The highest BCUT2D eigenvalue weighted by atomic mass is 32.2. The van der Waals surface area contributed by atoms with Crippen LogP contribution in [0.5, 0.6) is 5.75 Å². The van der Waals surface area contributed by atoms with Crippen molar-refractivity contribution >= 4 is 33.3 Å². The van der Waals surface area contributed by atoms with Crippen molar-refractivity contribution in [3.05, 3.63) is 83.7 Å². The van der Waals surface area contributed by atoms with Crippen molar-refractivity contribution in [1.82, 2.24) is 9.80 Å². The number of alkyl halides is 3. The van der Waals surface area contributed by atoms with E-state index in [0.29, 0.717) is 0 Å². The maximum atomic E-state index is 13.7. The maximum absolute atomic E-state index is 13.7. The smallest absolute Gasteiger partial charge is 0.416 e. The number of nitrogens with one attached hydrogen (secondary N) is 2. The lowest BCUT2D eigenvalue weighted by atomic mass is 9.99. The van der Waals surface area contributed by atoms with Crippen molar-refractivity contribution in [1.29, 1.82) is 0 Å². The molecule has 0 spiro atoms. The van der Waals surface area contributed by atoms with Gasteiger partial charge in [0, 0.05) is 25.2 Å². The number of sulfonamides is 1. The zero-order chi connectivity index (χ0) is 33.1. The Hall–Kier alpha value is -4.37. The Morgan fingerprint density at radius 3 is 2.36 bits per heavy atom. The fourth-order valence-electron chi connectivity index (χ4n) is 4.67. The number of rotatable bonds is 8. The second kappa shape index (κ2) is 13.3. The summed E-state index contributed by atoms with van der Waals surface area (Å²) in [5.41, 5.74) is -0.824. The number of amides is 3. The van der Waals surface area contributed by atoms with Gasteiger partial charge in [0.2, 0.25) is 0 Å². The first-order valence-electron chi connectivity index (χ1n) is 13.8. The van der Waals surface area contributed by atoms with Gasteiger partial charge in [-0.25, -0.2) is 17.6 Å². The molecule has 1 heterocycles. The Balaban J connectivity index is 1.64. The molecule has 0 aromatic heterocycles. The van der Waals surface area contributed by atoms with E-state index in [0.717, 1.165) is 48.5 Å². The second-order valence-electron chi connectivity index (χ2n) is 10.8. The van der Waals surface area contributed by atoms with Crippen LogP contribution in [0.1, 0.15) is 29.8 Å². The van der Waals surface area contributed by atoms with Gasteiger partial charge in [-0.3, -0.25) is 9.52 Å². The van der Waals surface area contributed by atoms with Crippen molar-refractivity contribution in [2.75, 3.05) is 36.8 Å². The van der Waals surface area contributed by atoms with Crippen LogP contribution >= 0.6 is 0 Å². The lowest BCUT2D eigenvalue weighted by Crippen LogP contribution is -2.50. The third-order valence-electron chi connectivity index (χ3n) is 7.32. The molecule has 1 aliphatic rings. The first kappa shape index (κ1) is 33.5. The summed E-state index contributed by atoms with van der Waals surface area (Å²) >= 11 is 0. The number of hydrogen-bond acceptors (Lipinski definition) is 6. The third kappa shape index (κ3) is 7.84. The second-order valence-corrected chi connectivity index (χ2v) is 12.4. The molecule has 242 valence electrons. The van der Waals surface area contributed by atoms with Crippen molar-refractivity contribution in [2.45, 2.75) is 37.1 Å². The highest BCUT2D eigenvalue weighted by Crippen LogP contribution is 2.36. The van der Waals surface area contributed by atoms with E-state index in [1.807, 2.05) is 0 Å². The van der Waals surface area contributed by atoms with Gasteiger partial charge in [0.25, 0.3) is 15.9 Å². The Bertz CT molecular complexity index is 1640. The van der Waals surface area contributed by atoms with Crippen molar-refractivity contribution in [3.63, 3.8) is 0 Å². The molecule has 0 saturated heterocycles. The van der Waals surface area contributed by atoms with Crippen LogP contribution < -0.4 is 14.8 Å². The number of ether oxygens (including phenoxy) is 1. The Labute approximate surface area is 257 Å². The minimum absolute atomic E-state index is 0.00312. The number of fused-ring (bicyclic) bond motifs is 1. The van der Waals surface area contributed by atoms with Crippen LogP contribution in [0.3, 0.4) is 0 Å². The van der Waals surface area contributed by atoms with E-state index in [-0.39, 0.29) is 47.3 Å². The van der Waals surface area contributed by atoms with Gasteiger partial charge in [0.15, 0.2) is 5.75 Å². The van der Waals surface area contributed by atoms with Gasteiger partial charge in [-0.05, 0) is 67.6 Å². The molecule has 3 atom stereocenters. The third-order valence-corrected chi connectivity index (χ3v) is 8.70. The van der Waals surface area contributed by atoms with Gasteiger partial charge in [-0.2, -0.15) is 13.2 Å². The van der Waals surface area contributed by atoms with E-state index in [1.54, 1.807) is 13.8 Å². The highest BCUT2D eigenvalue weighted by Gasteiger charge is 2.36. The predicted octanol–water partition coefficient (Wildman–Crippen LogP) is 5.03. The molecule has 0 saturated carbocycles. The summed E-state index contributed by atoms with van der Waals surface area (Å²) in [6, 6.07) is 11.1. The lowest BCUT2D eigenvalue weighted by Gasteiger charge is -2.38. The molecule has 3 amide bonds. The molecule has 10 nitrogen and oxygen atoms in total. The van der Waals surface area contributed by atoms with Crippen molar-refractivity contribution < 1.29 is 45.4 Å². The number of halogens is 4. The summed E-state index contributed by atoms with van der Waals surface area (Å²) in [7, 11) is -2.82. The molecule has 0 aliphatic carbocycles. The maximum Gasteiger partial charge on any atom is 0.416 e. The number of carbonyl (C=O) groups excluding carboxylic acids is 2. The van der Waals surface area contributed by atoms with Crippen LogP contribution in [0.15, 0.2) is 71.6 Å². The summed E-state index contributed by atoms with van der Waals surface area (Å²) in [5, 5.41) is 12.4. The SMILES string of the molecule is C[C@@H]1CN([C@@H](C)CO)C(=O)c2cccc(NS(=O)(=O)c3ccc(F)cc3)c2O[C@@H]1CN(C)C(=O)Nc1ccc(C(F)(F)F)cc1. The molecule has 3 aromatic carbocycles. The van der Waals surface area contributed by atoms with Gasteiger partial charge in [-0.15, -0.1) is 0 Å². The average molecular weight is 653 g/mol.